The van der Waals surface area contributed by atoms with E-state index in [0.717, 1.165) is 5.75 Å². The van der Waals surface area contributed by atoms with Gasteiger partial charge in [0.05, 0.1) is 0 Å². The van der Waals surface area contributed by atoms with Crippen molar-refractivity contribution < 1.29 is 4.74 Å². The Kier molecular flexibility index (Phi) is 6.44. The Labute approximate surface area is 142 Å². The normalized spacial score (nSPS) is 11.5. The van der Waals surface area contributed by atoms with E-state index in [2.05, 4.69) is 91.8 Å². The van der Waals surface area contributed by atoms with Crippen LogP contribution in [0.15, 0.2) is 48.5 Å². The zero-order chi connectivity index (χ0) is 17.7. The molecule has 1 heteroatoms. The summed E-state index contributed by atoms with van der Waals surface area (Å²) in [6.07, 6.45) is 0. The highest BCUT2D eigenvalue weighted by Crippen LogP contribution is 2.24. The molecule has 0 spiro atoms. The summed E-state index contributed by atoms with van der Waals surface area (Å²) in [7, 11) is 0. The van der Waals surface area contributed by atoms with Gasteiger partial charge in [0.2, 0.25) is 0 Å². The number of hydrogen-bond acceptors (Lipinski definition) is 1. The number of benzene rings is 2. The molecule has 0 aliphatic carbocycles. The molecule has 0 amide bonds. The van der Waals surface area contributed by atoms with Crippen LogP contribution in [0.3, 0.4) is 0 Å². The van der Waals surface area contributed by atoms with Crippen molar-refractivity contribution >= 4 is 0 Å². The maximum Gasteiger partial charge on any atom is 0.120 e. The molecule has 0 aromatic heterocycles. The third-order valence-corrected chi connectivity index (χ3v) is 2.66. The summed E-state index contributed by atoms with van der Waals surface area (Å²) in [6.45, 7) is 17.0. The van der Waals surface area contributed by atoms with Crippen LogP contribution in [-0.2, 0) is 0 Å². The first-order chi connectivity index (χ1) is 10.4. The van der Waals surface area contributed by atoms with E-state index in [1.165, 1.54) is 16.7 Å². The largest absolute Gasteiger partial charge is 0.488 e. The molecular formula is C22H32O. The van der Waals surface area contributed by atoms with Gasteiger partial charge in [-0.3, -0.25) is 0 Å². The van der Waals surface area contributed by atoms with E-state index in [0.29, 0.717) is 5.41 Å². The zero-order valence-electron chi connectivity index (χ0n) is 16.0. The van der Waals surface area contributed by atoms with Crippen molar-refractivity contribution in [2.75, 3.05) is 0 Å². The van der Waals surface area contributed by atoms with Crippen molar-refractivity contribution in [1.29, 1.82) is 0 Å². The second kappa shape index (κ2) is 7.68. The van der Waals surface area contributed by atoms with Crippen LogP contribution in [0, 0.1) is 12.3 Å². The number of rotatable bonds is 2. The molecule has 0 saturated heterocycles. The molecule has 2 aromatic carbocycles. The highest BCUT2D eigenvalue weighted by atomic mass is 16.5. The number of ether oxygens (including phenoxy) is 1. The second-order valence-electron chi connectivity index (χ2n) is 8.60. The van der Waals surface area contributed by atoms with Gasteiger partial charge in [-0.05, 0) is 56.4 Å². The van der Waals surface area contributed by atoms with Crippen molar-refractivity contribution in [3.05, 3.63) is 54.1 Å². The lowest BCUT2D eigenvalue weighted by Crippen LogP contribution is -2.22. The summed E-state index contributed by atoms with van der Waals surface area (Å²) in [4.78, 5) is 0. The number of aryl methyl sites for hydroxylation is 1. The first-order valence-corrected chi connectivity index (χ1v) is 8.30. The van der Waals surface area contributed by atoms with E-state index in [1.54, 1.807) is 0 Å². The molecule has 0 aliphatic rings. The summed E-state index contributed by atoms with van der Waals surface area (Å²) in [5, 5.41) is 0. The smallest absolute Gasteiger partial charge is 0.120 e. The molecule has 2 rings (SSSR count). The fraction of sp³-hybridized carbons (Fsp3) is 0.455. The van der Waals surface area contributed by atoms with Crippen molar-refractivity contribution in [2.45, 2.75) is 61.0 Å². The van der Waals surface area contributed by atoms with Gasteiger partial charge in [0, 0.05) is 0 Å². The van der Waals surface area contributed by atoms with Crippen LogP contribution in [0.1, 0.15) is 54.0 Å². The summed E-state index contributed by atoms with van der Waals surface area (Å²) in [5.74, 6) is 0.915. The van der Waals surface area contributed by atoms with Crippen molar-refractivity contribution in [3.63, 3.8) is 0 Å². The van der Waals surface area contributed by atoms with E-state index < -0.39 is 0 Å². The molecule has 0 unspecified atom stereocenters. The van der Waals surface area contributed by atoms with Crippen LogP contribution < -0.4 is 4.74 Å². The molecule has 0 N–H and O–H groups in total. The Balaban J connectivity index is 0.000000463. The van der Waals surface area contributed by atoms with Crippen molar-refractivity contribution in [3.8, 4) is 16.9 Å². The molecule has 0 heterocycles. The Morgan fingerprint density at radius 2 is 0.957 bits per heavy atom. The van der Waals surface area contributed by atoms with E-state index in [4.69, 9.17) is 4.74 Å². The lowest BCUT2D eigenvalue weighted by molar-refractivity contribution is 0.131. The Hall–Kier alpha value is -1.76. The second-order valence-corrected chi connectivity index (χ2v) is 8.60. The zero-order valence-corrected chi connectivity index (χ0v) is 16.0. The quantitative estimate of drug-likeness (QED) is 0.586. The third kappa shape index (κ3) is 9.07. The molecule has 0 atom stereocenters. The van der Waals surface area contributed by atoms with E-state index in [1.807, 2.05) is 12.1 Å². The Morgan fingerprint density at radius 1 is 0.609 bits per heavy atom. The van der Waals surface area contributed by atoms with Gasteiger partial charge in [0.1, 0.15) is 11.4 Å². The van der Waals surface area contributed by atoms with Gasteiger partial charge in [-0.15, -0.1) is 0 Å². The molecule has 0 fully saturated rings. The van der Waals surface area contributed by atoms with Gasteiger partial charge in [-0.2, -0.15) is 0 Å². The summed E-state index contributed by atoms with van der Waals surface area (Å²) < 4.78 is 5.81. The first kappa shape index (κ1) is 19.3. The molecular weight excluding hydrogens is 280 g/mol. The van der Waals surface area contributed by atoms with Crippen molar-refractivity contribution in [2.24, 2.45) is 5.41 Å². The molecule has 0 aliphatic heterocycles. The van der Waals surface area contributed by atoms with E-state index in [-0.39, 0.29) is 5.60 Å². The maximum absolute atomic E-state index is 5.81. The standard InChI is InChI=1S/C17H20O.C5H12/c1-13-5-7-14(8-6-13)15-9-11-16(12-10-15)18-17(2,3)4;1-5(2,3)4/h5-12H,1-4H3;1-4H3. The van der Waals surface area contributed by atoms with Gasteiger partial charge in [0.15, 0.2) is 0 Å². The van der Waals surface area contributed by atoms with Crippen LogP contribution in [0.4, 0.5) is 0 Å². The van der Waals surface area contributed by atoms with Crippen LogP contribution in [0.25, 0.3) is 11.1 Å². The number of hydrogen-bond donors (Lipinski definition) is 0. The SMILES string of the molecule is CC(C)(C)C.Cc1ccc(-c2ccc(OC(C)(C)C)cc2)cc1. The van der Waals surface area contributed by atoms with E-state index >= 15 is 0 Å². The lowest BCUT2D eigenvalue weighted by Gasteiger charge is -2.21. The minimum absolute atomic E-state index is 0.147. The summed E-state index contributed by atoms with van der Waals surface area (Å²) in [5.41, 5.74) is 4.09. The minimum atomic E-state index is -0.147. The third-order valence-electron chi connectivity index (χ3n) is 2.66. The highest BCUT2D eigenvalue weighted by molar-refractivity contribution is 5.64. The van der Waals surface area contributed by atoms with Gasteiger partial charge in [-0.1, -0.05) is 69.7 Å². The monoisotopic (exact) mass is 312 g/mol. The molecule has 2 aromatic rings. The maximum atomic E-state index is 5.81. The Bertz CT molecular complexity index is 572. The summed E-state index contributed by atoms with van der Waals surface area (Å²) in [6, 6.07) is 16.8. The molecule has 0 radical (unpaired) electrons. The molecule has 23 heavy (non-hydrogen) atoms. The molecule has 1 nitrogen and oxygen atoms in total. The fourth-order valence-corrected chi connectivity index (χ4v) is 1.81. The van der Waals surface area contributed by atoms with Gasteiger partial charge >= 0.3 is 0 Å². The first-order valence-electron chi connectivity index (χ1n) is 8.30. The minimum Gasteiger partial charge on any atom is -0.488 e. The highest BCUT2D eigenvalue weighted by Gasteiger charge is 2.11. The summed E-state index contributed by atoms with van der Waals surface area (Å²) >= 11 is 0. The molecule has 126 valence electrons. The molecule has 0 bridgehead atoms. The average molecular weight is 312 g/mol. The molecule has 0 saturated carbocycles. The van der Waals surface area contributed by atoms with Gasteiger partial charge in [0.25, 0.3) is 0 Å². The van der Waals surface area contributed by atoms with Crippen LogP contribution in [0.2, 0.25) is 0 Å². The van der Waals surface area contributed by atoms with Gasteiger partial charge < -0.3 is 4.74 Å². The Morgan fingerprint density at radius 3 is 1.30 bits per heavy atom. The van der Waals surface area contributed by atoms with Crippen molar-refractivity contribution in [1.82, 2.24) is 0 Å². The van der Waals surface area contributed by atoms with Crippen LogP contribution in [-0.4, -0.2) is 5.60 Å². The lowest BCUT2D eigenvalue weighted by atomic mass is 10.0. The van der Waals surface area contributed by atoms with Gasteiger partial charge in [-0.25, -0.2) is 0 Å². The van der Waals surface area contributed by atoms with Crippen LogP contribution >= 0.6 is 0 Å². The predicted molar refractivity (Wildman–Crippen MR) is 102 cm³/mol. The van der Waals surface area contributed by atoms with Crippen LogP contribution in [0.5, 0.6) is 5.75 Å². The predicted octanol–water partition coefficient (Wildman–Crippen LogP) is 6.89. The fourth-order valence-electron chi connectivity index (χ4n) is 1.81. The van der Waals surface area contributed by atoms with E-state index in [9.17, 15) is 0 Å². The average Bonchev–Trinajstić information content (AvgIpc) is 2.37. The topological polar surface area (TPSA) is 9.23 Å².